The minimum atomic E-state index is -4.89. The van der Waals surface area contributed by atoms with Crippen molar-refractivity contribution in [2.45, 2.75) is 82.6 Å². The lowest BCUT2D eigenvalue weighted by atomic mass is 9.90. The van der Waals surface area contributed by atoms with Gasteiger partial charge in [0.25, 0.3) is 11.5 Å². The molecule has 2 unspecified atom stereocenters. The number of hydrogen-bond donors (Lipinski definition) is 1. The number of piperidine rings is 1. The number of rotatable bonds is 10. The highest BCUT2D eigenvalue weighted by molar-refractivity contribution is 5.80. The maximum absolute atomic E-state index is 15.1. The molecule has 2 aliphatic rings. The van der Waals surface area contributed by atoms with Crippen molar-refractivity contribution in [1.82, 2.24) is 30.0 Å². The van der Waals surface area contributed by atoms with E-state index < -0.39 is 59.2 Å². The Morgan fingerprint density at radius 3 is 2.40 bits per heavy atom. The third-order valence-electron chi connectivity index (χ3n) is 7.95. The maximum atomic E-state index is 15.1. The summed E-state index contributed by atoms with van der Waals surface area (Å²) in [6.45, 7) is 1.70. The molecule has 1 aliphatic heterocycles. The summed E-state index contributed by atoms with van der Waals surface area (Å²) in [6.07, 6.45) is -6.23. The summed E-state index contributed by atoms with van der Waals surface area (Å²) in [7, 11) is 0. The highest BCUT2D eigenvalue weighted by Gasteiger charge is 2.52. The van der Waals surface area contributed by atoms with E-state index in [9.17, 15) is 35.9 Å². The molecule has 0 bridgehead atoms. The Balaban J connectivity index is 1.38. The summed E-state index contributed by atoms with van der Waals surface area (Å²) in [5.74, 6) is -5.53. The molecule has 0 spiro atoms. The van der Waals surface area contributed by atoms with Gasteiger partial charge in [0, 0.05) is 51.4 Å². The van der Waals surface area contributed by atoms with Crippen LogP contribution in [0.1, 0.15) is 79.7 Å². The van der Waals surface area contributed by atoms with Gasteiger partial charge in [0.15, 0.2) is 0 Å². The largest absolute Gasteiger partial charge is 0.422 e. The van der Waals surface area contributed by atoms with Crippen molar-refractivity contribution >= 4 is 5.91 Å². The molecule has 1 aliphatic carbocycles. The second kappa shape index (κ2) is 12.8. The summed E-state index contributed by atoms with van der Waals surface area (Å²) in [5, 5.41) is 5.72. The number of carbonyl (C=O) groups excluding carboxylic acids is 1. The highest BCUT2D eigenvalue weighted by Crippen LogP contribution is 2.43. The number of aryl methyl sites for hydroxylation is 1. The average Bonchev–Trinajstić information content (AvgIpc) is 3.34. The smallest absolute Gasteiger partial charge is 0.342 e. The van der Waals surface area contributed by atoms with Crippen LogP contribution in [-0.2, 0) is 30.0 Å². The van der Waals surface area contributed by atoms with Gasteiger partial charge in [0.2, 0.25) is 5.91 Å². The fourth-order valence-electron chi connectivity index (χ4n) is 5.78. The number of nitrogens with zero attached hydrogens (tertiary/aromatic N) is 5. The fraction of sp³-hybridized carbons (Fsp3) is 0.667. The van der Waals surface area contributed by atoms with E-state index in [1.165, 1.54) is 4.90 Å². The maximum Gasteiger partial charge on any atom is 0.422 e. The zero-order valence-electron chi connectivity index (χ0n) is 23.4. The number of amides is 1. The molecule has 2 aromatic rings. The van der Waals surface area contributed by atoms with Crippen LogP contribution in [0.4, 0.5) is 35.1 Å². The lowest BCUT2D eigenvalue weighted by molar-refractivity contribution is -0.162. The molecule has 0 radical (unpaired) electrons. The second-order valence-corrected chi connectivity index (χ2v) is 10.9. The number of unbranched alkanes of at least 4 members (excludes halogenated alkanes) is 2. The quantitative estimate of drug-likeness (QED) is 0.289. The molecular formula is C27H32F8N6O2. The van der Waals surface area contributed by atoms with Gasteiger partial charge in [-0.2, -0.15) is 31.4 Å². The van der Waals surface area contributed by atoms with Crippen molar-refractivity contribution in [2.75, 3.05) is 26.2 Å². The van der Waals surface area contributed by atoms with E-state index in [1.807, 2.05) is 5.10 Å². The van der Waals surface area contributed by atoms with Gasteiger partial charge in [-0.1, -0.05) is 13.3 Å². The first-order valence-corrected chi connectivity index (χ1v) is 14.1. The Labute approximate surface area is 241 Å². The number of fused-ring (bicyclic) bond motifs is 1. The molecule has 43 heavy (non-hydrogen) atoms. The minimum absolute atomic E-state index is 0.00854. The molecule has 1 fully saturated rings. The van der Waals surface area contributed by atoms with Crippen LogP contribution in [0.25, 0.3) is 0 Å². The highest BCUT2D eigenvalue weighted by atomic mass is 19.4. The minimum Gasteiger partial charge on any atom is -0.342 e. The molecule has 0 aromatic carbocycles. The first-order chi connectivity index (χ1) is 20.1. The van der Waals surface area contributed by atoms with Gasteiger partial charge < -0.3 is 4.90 Å². The van der Waals surface area contributed by atoms with Gasteiger partial charge in [-0.3, -0.25) is 14.5 Å². The van der Waals surface area contributed by atoms with Crippen LogP contribution in [0.3, 0.4) is 0 Å². The van der Waals surface area contributed by atoms with Crippen LogP contribution in [0.5, 0.6) is 0 Å². The SMILES string of the molecule is CCCN(CCCCCc1ncc(C(F)(F)F)cn1)C(=O)C1CN(C2CCc3c2n[nH]c(=O)c3C(F)(F)F)CCC1(F)F. The Morgan fingerprint density at radius 1 is 1.07 bits per heavy atom. The molecule has 2 atom stereocenters. The summed E-state index contributed by atoms with van der Waals surface area (Å²) in [5.41, 5.74) is -3.87. The number of H-pyrrole nitrogens is 1. The molecule has 238 valence electrons. The number of hydrogen-bond acceptors (Lipinski definition) is 6. The zero-order valence-corrected chi connectivity index (χ0v) is 23.4. The van der Waals surface area contributed by atoms with E-state index in [-0.39, 0.29) is 56.1 Å². The van der Waals surface area contributed by atoms with E-state index in [0.717, 1.165) is 0 Å². The van der Waals surface area contributed by atoms with Gasteiger partial charge in [-0.15, -0.1) is 0 Å². The molecule has 3 heterocycles. The molecule has 16 heteroatoms. The normalized spacial score (nSPS) is 20.7. The van der Waals surface area contributed by atoms with Gasteiger partial charge in [-0.25, -0.2) is 23.8 Å². The summed E-state index contributed by atoms with van der Waals surface area (Å²) in [6, 6.07) is -0.744. The molecule has 1 saturated heterocycles. The van der Waals surface area contributed by atoms with Crippen LogP contribution in [0.2, 0.25) is 0 Å². The number of alkyl halides is 8. The first kappa shape index (κ1) is 32.7. The number of aromatic amines is 1. The molecule has 8 nitrogen and oxygen atoms in total. The fourth-order valence-corrected chi connectivity index (χ4v) is 5.78. The molecule has 1 amide bonds. The molecule has 4 rings (SSSR count). The van der Waals surface area contributed by atoms with Crippen LogP contribution in [0, 0.1) is 5.92 Å². The predicted molar refractivity (Wildman–Crippen MR) is 137 cm³/mol. The topological polar surface area (TPSA) is 95.1 Å². The zero-order chi connectivity index (χ0) is 31.6. The van der Waals surface area contributed by atoms with Crippen molar-refractivity contribution < 1.29 is 39.9 Å². The van der Waals surface area contributed by atoms with E-state index in [0.29, 0.717) is 44.5 Å². The van der Waals surface area contributed by atoms with Gasteiger partial charge in [-0.05, 0) is 37.7 Å². The Morgan fingerprint density at radius 2 is 1.77 bits per heavy atom. The third-order valence-corrected chi connectivity index (χ3v) is 7.95. The van der Waals surface area contributed by atoms with Gasteiger partial charge in [0.05, 0.1) is 17.3 Å². The van der Waals surface area contributed by atoms with Crippen LogP contribution < -0.4 is 5.56 Å². The lowest BCUT2D eigenvalue weighted by Gasteiger charge is -2.42. The van der Waals surface area contributed by atoms with E-state index >= 15 is 8.78 Å². The van der Waals surface area contributed by atoms with E-state index in [4.69, 9.17) is 0 Å². The standard InChI is InChI=1S/C27H32F8N6O2/c1-2-10-40(11-5-3-4-6-20-36-13-16(14-37-20)26(30,31)32)24(43)18-15-41(12-9-25(18,28)29)19-8-7-17-21(27(33,34)35)23(42)39-38-22(17)19/h13-14,18-19H,2-12,15H2,1H3,(H,39,42). The van der Waals surface area contributed by atoms with Crippen molar-refractivity contribution in [2.24, 2.45) is 5.92 Å². The first-order valence-electron chi connectivity index (χ1n) is 14.1. The summed E-state index contributed by atoms with van der Waals surface area (Å²) in [4.78, 5) is 35.7. The van der Waals surface area contributed by atoms with Crippen LogP contribution in [-0.4, -0.2) is 68.0 Å². The summed E-state index contributed by atoms with van der Waals surface area (Å²) >= 11 is 0. The Kier molecular flexibility index (Phi) is 9.76. The Bertz CT molecular complexity index is 1330. The number of halogens is 8. The van der Waals surface area contributed by atoms with Crippen molar-refractivity contribution in [1.29, 1.82) is 0 Å². The molecule has 1 N–H and O–H groups in total. The van der Waals surface area contributed by atoms with Gasteiger partial charge in [0.1, 0.15) is 17.3 Å². The number of aromatic nitrogens is 4. The number of carbonyl (C=O) groups is 1. The third kappa shape index (κ3) is 7.50. The number of likely N-dealkylation sites (tertiary alicyclic amines) is 1. The summed E-state index contributed by atoms with van der Waals surface area (Å²) < 4.78 is 109. The van der Waals surface area contributed by atoms with Crippen molar-refractivity contribution in [3.63, 3.8) is 0 Å². The molecular weight excluding hydrogens is 592 g/mol. The predicted octanol–water partition coefficient (Wildman–Crippen LogP) is 5.19. The lowest BCUT2D eigenvalue weighted by Crippen LogP contribution is -2.55. The molecule has 2 aromatic heterocycles. The van der Waals surface area contributed by atoms with E-state index in [1.54, 1.807) is 11.8 Å². The second-order valence-electron chi connectivity index (χ2n) is 10.9. The van der Waals surface area contributed by atoms with Crippen molar-refractivity contribution in [3.8, 4) is 0 Å². The number of nitrogens with one attached hydrogen (secondary N) is 1. The monoisotopic (exact) mass is 624 g/mol. The van der Waals surface area contributed by atoms with E-state index in [2.05, 4.69) is 15.1 Å². The molecule has 0 saturated carbocycles. The average molecular weight is 625 g/mol. The van der Waals surface area contributed by atoms with Gasteiger partial charge >= 0.3 is 12.4 Å². The van der Waals surface area contributed by atoms with Crippen LogP contribution in [0.15, 0.2) is 17.2 Å². The van der Waals surface area contributed by atoms with Crippen LogP contribution >= 0.6 is 0 Å². The Hall–Kier alpha value is -3.17. The van der Waals surface area contributed by atoms with Crippen molar-refractivity contribution in [3.05, 3.63) is 51.0 Å².